The van der Waals surface area contributed by atoms with Crippen molar-refractivity contribution >= 4 is 17.4 Å². The maximum Gasteiger partial charge on any atom is 0.275 e. The molecule has 3 rings (SSSR count). The number of rotatable bonds is 3. The highest BCUT2D eigenvalue weighted by Gasteiger charge is 2.23. The Morgan fingerprint density at radius 3 is 2.57 bits per heavy atom. The van der Waals surface area contributed by atoms with Crippen molar-refractivity contribution in [3.8, 4) is 0 Å². The zero-order valence-electron chi connectivity index (χ0n) is 13.1. The summed E-state index contributed by atoms with van der Waals surface area (Å²) in [7, 11) is 0. The third kappa shape index (κ3) is 3.81. The number of ether oxygens (including phenoxy) is 1. The van der Waals surface area contributed by atoms with Gasteiger partial charge in [-0.2, -0.15) is 0 Å². The van der Waals surface area contributed by atoms with Crippen molar-refractivity contribution in [2.75, 3.05) is 23.3 Å². The third-order valence-corrected chi connectivity index (χ3v) is 3.55. The quantitative estimate of drug-likeness (QED) is 0.929. The van der Waals surface area contributed by atoms with E-state index in [2.05, 4.69) is 39.0 Å². The molecule has 23 heavy (non-hydrogen) atoms. The summed E-state index contributed by atoms with van der Waals surface area (Å²) in [6.45, 7) is 5.72. The Balaban J connectivity index is 1.66. The number of amides is 1. The molecule has 0 unspecified atom stereocenters. The Bertz CT molecular complexity index is 652. The fourth-order valence-electron chi connectivity index (χ4n) is 2.62. The van der Waals surface area contributed by atoms with Crippen molar-refractivity contribution in [1.82, 2.24) is 15.0 Å². The summed E-state index contributed by atoms with van der Waals surface area (Å²) in [6.07, 6.45) is 6.43. The lowest BCUT2D eigenvalue weighted by Gasteiger charge is -2.36. The topological polar surface area (TPSA) is 80.2 Å². The molecule has 120 valence electrons. The van der Waals surface area contributed by atoms with Crippen LogP contribution in [0.15, 0.2) is 36.9 Å². The van der Waals surface area contributed by atoms with E-state index >= 15 is 0 Å². The summed E-state index contributed by atoms with van der Waals surface area (Å²) in [5.41, 5.74) is 0.895. The van der Waals surface area contributed by atoms with Crippen LogP contribution in [0.3, 0.4) is 0 Å². The zero-order chi connectivity index (χ0) is 16.2. The van der Waals surface area contributed by atoms with Crippen LogP contribution in [0, 0.1) is 0 Å². The highest BCUT2D eigenvalue weighted by molar-refractivity contribution is 6.02. The van der Waals surface area contributed by atoms with E-state index in [1.54, 1.807) is 6.20 Å². The summed E-state index contributed by atoms with van der Waals surface area (Å²) in [5, 5.41) is 2.76. The van der Waals surface area contributed by atoms with Gasteiger partial charge >= 0.3 is 0 Å². The lowest BCUT2D eigenvalue weighted by atomic mass is 10.2. The first-order valence-corrected chi connectivity index (χ1v) is 7.55. The highest BCUT2D eigenvalue weighted by Crippen LogP contribution is 2.19. The van der Waals surface area contributed by atoms with E-state index in [0.717, 1.165) is 18.9 Å². The van der Waals surface area contributed by atoms with Crippen molar-refractivity contribution in [3.63, 3.8) is 0 Å². The lowest BCUT2D eigenvalue weighted by molar-refractivity contribution is -0.00545. The first kappa shape index (κ1) is 15.4. The molecule has 0 spiro atoms. The molecule has 7 nitrogen and oxygen atoms in total. The van der Waals surface area contributed by atoms with Crippen LogP contribution in [0.2, 0.25) is 0 Å². The second-order valence-corrected chi connectivity index (χ2v) is 5.61. The minimum Gasteiger partial charge on any atom is -0.372 e. The molecule has 0 saturated carbocycles. The van der Waals surface area contributed by atoms with Crippen molar-refractivity contribution in [1.29, 1.82) is 0 Å². The Hall–Kier alpha value is -2.54. The lowest BCUT2D eigenvalue weighted by Crippen LogP contribution is -2.45. The molecule has 1 aliphatic heterocycles. The normalized spacial score (nSPS) is 21.0. The number of aromatic nitrogens is 3. The molecular weight excluding hydrogens is 294 g/mol. The largest absolute Gasteiger partial charge is 0.372 e. The SMILES string of the molecule is C[C@@H]1CN(c2ccc(NC(=O)c3cnccn3)cn2)C[C@@H](C)O1. The number of nitrogens with zero attached hydrogens (tertiary/aromatic N) is 4. The maximum absolute atomic E-state index is 12.0. The van der Waals surface area contributed by atoms with Crippen LogP contribution in [0.4, 0.5) is 11.5 Å². The molecule has 1 aliphatic rings. The van der Waals surface area contributed by atoms with E-state index in [9.17, 15) is 4.79 Å². The van der Waals surface area contributed by atoms with E-state index in [1.165, 1.54) is 18.6 Å². The maximum atomic E-state index is 12.0. The molecule has 7 heteroatoms. The Labute approximate surface area is 134 Å². The van der Waals surface area contributed by atoms with Gasteiger partial charge in [0.05, 0.1) is 30.3 Å². The second kappa shape index (κ2) is 6.70. The fourth-order valence-corrected chi connectivity index (χ4v) is 2.62. The van der Waals surface area contributed by atoms with Crippen LogP contribution >= 0.6 is 0 Å². The van der Waals surface area contributed by atoms with Crippen LogP contribution in [0.25, 0.3) is 0 Å². The van der Waals surface area contributed by atoms with Gasteiger partial charge in [0.15, 0.2) is 0 Å². The number of hydrogen-bond donors (Lipinski definition) is 1. The molecule has 1 saturated heterocycles. The average molecular weight is 313 g/mol. The van der Waals surface area contributed by atoms with Crippen LogP contribution in [0.1, 0.15) is 24.3 Å². The Morgan fingerprint density at radius 1 is 1.17 bits per heavy atom. The van der Waals surface area contributed by atoms with Crippen molar-refractivity contribution in [2.45, 2.75) is 26.1 Å². The molecule has 0 radical (unpaired) electrons. The van der Waals surface area contributed by atoms with Crippen LogP contribution in [-0.2, 0) is 4.74 Å². The van der Waals surface area contributed by atoms with Crippen LogP contribution in [0.5, 0.6) is 0 Å². The van der Waals surface area contributed by atoms with E-state index in [1.807, 2.05) is 12.1 Å². The van der Waals surface area contributed by atoms with Gasteiger partial charge in [-0.15, -0.1) is 0 Å². The Kier molecular flexibility index (Phi) is 4.47. The van der Waals surface area contributed by atoms with E-state index in [4.69, 9.17) is 4.74 Å². The first-order valence-electron chi connectivity index (χ1n) is 7.55. The summed E-state index contributed by atoms with van der Waals surface area (Å²) in [6, 6.07) is 3.73. The van der Waals surface area contributed by atoms with Gasteiger partial charge in [-0.05, 0) is 26.0 Å². The minimum absolute atomic E-state index is 0.177. The third-order valence-electron chi connectivity index (χ3n) is 3.55. The number of carbonyl (C=O) groups excluding carboxylic acids is 1. The molecule has 0 aromatic carbocycles. The van der Waals surface area contributed by atoms with E-state index in [0.29, 0.717) is 5.69 Å². The highest BCUT2D eigenvalue weighted by atomic mass is 16.5. The predicted molar refractivity (Wildman–Crippen MR) is 86.4 cm³/mol. The summed E-state index contributed by atoms with van der Waals surface area (Å²) < 4.78 is 5.72. The monoisotopic (exact) mass is 313 g/mol. The zero-order valence-corrected chi connectivity index (χ0v) is 13.1. The molecule has 0 aliphatic carbocycles. The van der Waals surface area contributed by atoms with Gasteiger partial charge < -0.3 is 15.0 Å². The number of anilines is 2. The number of carbonyl (C=O) groups is 1. The van der Waals surface area contributed by atoms with Crippen molar-refractivity contribution in [2.24, 2.45) is 0 Å². The molecule has 1 fully saturated rings. The molecular formula is C16H19N5O2. The van der Waals surface area contributed by atoms with E-state index in [-0.39, 0.29) is 23.8 Å². The number of nitrogens with one attached hydrogen (secondary N) is 1. The standard InChI is InChI=1S/C16H19N5O2/c1-11-9-21(10-12(2)23-11)15-4-3-13(7-19-15)20-16(22)14-8-17-5-6-18-14/h3-8,11-12H,9-10H2,1-2H3,(H,20,22)/t11-,12-/m1/s1. The van der Waals surface area contributed by atoms with Gasteiger partial charge in [-0.3, -0.25) is 9.78 Å². The van der Waals surface area contributed by atoms with Gasteiger partial charge in [-0.25, -0.2) is 9.97 Å². The Morgan fingerprint density at radius 2 is 1.96 bits per heavy atom. The van der Waals surface area contributed by atoms with E-state index < -0.39 is 0 Å². The number of hydrogen-bond acceptors (Lipinski definition) is 6. The minimum atomic E-state index is -0.304. The van der Waals surface area contributed by atoms with Crippen LogP contribution in [-0.4, -0.2) is 46.2 Å². The van der Waals surface area contributed by atoms with Crippen molar-refractivity contribution < 1.29 is 9.53 Å². The molecule has 2 atom stereocenters. The summed E-state index contributed by atoms with van der Waals surface area (Å²) in [5.74, 6) is 0.575. The smallest absolute Gasteiger partial charge is 0.275 e. The van der Waals surface area contributed by atoms with Gasteiger partial charge in [0, 0.05) is 25.5 Å². The van der Waals surface area contributed by atoms with Crippen LogP contribution < -0.4 is 10.2 Å². The summed E-state index contributed by atoms with van der Waals surface area (Å²) in [4.78, 5) is 26.5. The number of pyridine rings is 1. The van der Waals surface area contributed by atoms with Crippen molar-refractivity contribution in [3.05, 3.63) is 42.6 Å². The molecule has 2 aromatic rings. The molecule has 1 amide bonds. The second-order valence-electron chi connectivity index (χ2n) is 5.61. The number of morpholine rings is 1. The van der Waals surface area contributed by atoms with Gasteiger partial charge in [0.25, 0.3) is 5.91 Å². The molecule has 2 aromatic heterocycles. The molecule has 3 heterocycles. The summed E-state index contributed by atoms with van der Waals surface area (Å²) >= 11 is 0. The molecule has 1 N–H and O–H groups in total. The van der Waals surface area contributed by atoms with Gasteiger partial charge in [-0.1, -0.05) is 0 Å². The average Bonchev–Trinajstić information content (AvgIpc) is 2.55. The predicted octanol–water partition coefficient (Wildman–Crippen LogP) is 1.74. The fraction of sp³-hybridized carbons (Fsp3) is 0.375. The molecule has 0 bridgehead atoms. The van der Waals surface area contributed by atoms with Gasteiger partial charge in [0.2, 0.25) is 0 Å². The first-order chi connectivity index (χ1) is 11.1. The van der Waals surface area contributed by atoms with Gasteiger partial charge in [0.1, 0.15) is 11.5 Å².